The smallest absolute Gasteiger partial charge is 0.213 e. The van der Waals surface area contributed by atoms with Crippen LogP contribution in [0.5, 0.6) is 0 Å². The van der Waals surface area contributed by atoms with E-state index in [2.05, 4.69) is 83.3 Å². The lowest BCUT2D eigenvalue weighted by molar-refractivity contribution is -0.672. The first-order valence-electron chi connectivity index (χ1n) is 8.69. The van der Waals surface area contributed by atoms with Gasteiger partial charge in [-0.25, -0.2) is 0 Å². The number of nitrogens with zero attached hydrogens (tertiary/aromatic N) is 2. The Balaban J connectivity index is 1.63. The topological polar surface area (TPSA) is 27.4 Å². The number of hydrogen-bond acceptors (Lipinski definition) is 3. The van der Waals surface area contributed by atoms with Crippen molar-refractivity contribution in [3.05, 3.63) is 83.5 Å². The van der Waals surface area contributed by atoms with Gasteiger partial charge in [0.1, 0.15) is 6.61 Å². The number of aliphatic hydroxyl groups excluding tert-OH is 1. The molecular weight excluding hydrogens is 340 g/mol. The Morgan fingerprint density at radius 3 is 2.73 bits per heavy atom. The molecule has 2 aromatic carbocycles. The zero-order valence-corrected chi connectivity index (χ0v) is 15.5. The lowest BCUT2D eigenvalue weighted by Gasteiger charge is -2.12. The molecule has 3 nitrogen and oxygen atoms in total. The van der Waals surface area contributed by atoms with E-state index in [0.717, 1.165) is 5.52 Å². The maximum Gasteiger partial charge on any atom is 0.213 e. The Bertz CT molecular complexity index is 1010. The summed E-state index contributed by atoms with van der Waals surface area (Å²) in [6, 6.07) is 18.9. The number of para-hydroxylation sites is 2. The molecule has 0 saturated carbocycles. The van der Waals surface area contributed by atoms with Crippen LogP contribution in [-0.4, -0.2) is 18.8 Å². The lowest BCUT2D eigenvalue weighted by Crippen LogP contribution is -2.36. The van der Waals surface area contributed by atoms with Gasteiger partial charge in [-0.15, -0.1) is 0 Å². The molecular formula is C22H21N2OS+. The quantitative estimate of drug-likeness (QED) is 0.705. The van der Waals surface area contributed by atoms with Crippen LogP contribution in [0.25, 0.3) is 17.0 Å². The van der Waals surface area contributed by atoms with E-state index in [1.807, 2.05) is 12.3 Å². The molecule has 1 aliphatic rings. The largest absolute Gasteiger partial charge is 0.390 e. The maximum absolute atomic E-state index is 9.26. The normalized spacial score (nSPS) is 15.3. The second kappa shape index (κ2) is 7.36. The van der Waals surface area contributed by atoms with E-state index in [9.17, 15) is 5.11 Å². The summed E-state index contributed by atoms with van der Waals surface area (Å²) in [5.74, 6) is 0. The molecule has 0 atom stereocenters. The first kappa shape index (κ1) is 16.9. The van der Waals surface area contributed by atoms with Crippen molar-refractivity contribution in [3.63, 3.8) is 0 Å². The Hall–Kier alpha value is -2.56. The van der Waals surface area contributed by atoms with Gasteiger partial charge in [-0.3, -0.25) is 0 Å². The van der Waals surface area contributed by atoms with Crippen LogP contribution in [0.15, 0.2) is 82.9 Å². The molecule has 130 valence electrons. The summed E-state index contributed by atoms with van der Waals surface area (Å²) in [6.07, 6.45) is 8.46. The van der Waals surface area contributed by atoms with Crippen LogP contribution in [0.1, 0.15) is 5.56 Å². The fourth-order valence-electron chi connectivity index (χ4n) is 3.26. The van der Waals surface area contributed by atoms with Gasteiger partial charge in [-0.2, -0.15) is 4.57 Å². The molecule has 1 N–H and O–H groups in total. The predicted octanol–water partition coefficient (Wildman–Crippen LogP) is 4.22. The number of benzene rings is 2. The van der Waals surface area contributed by atoms with Crippen molar-refractivity contribution in [1.29, 1.82) is 0 Å². The molecule has 4 heteroatoms. The van der Waals surface area contributed by atoms with Crippen molar-refractivity contribution < 1.29 is 9.67 Å². The van der Waals surface area contributed by atoms with Crippen molar-refractivity contribution in [2.45, 2.75) is 11.4 Å². The average Bonchev–Trinajstić information content (AvgIpc) is 3.00. The highest BCUT2D eigenvalue weighted by Crippen LogP contribution is 2.44. The van der Waals surface area contributed by atoms with E-state index < -0.39 is 0 Å². The summed E-state index contributed by atoms with van der Waals surface area (Å²) in [4.78, 5) is 3.52. The zero-order valence-electron chi connectivity index (χ0n) is 14.7. The number of rotatable bonds is 4. The van der Waals surface area contributed by atoms with Crippen LogP contribution in [-0.2, 0) is 6.54 Å². The number of fused-ring (bicyclic) bond motifs is 2. The number of anilines is 1. The highest BCUT2D eigenvalue weighted by atomic mass is 32.2. The molecule has 0 amide bonds. The van der Waals surface area contributed by atoms with Crippen LogP contribution in [0.2, 0.25) is 0 Å². The molecule has 0 fully saturated rings. The molecule has 26 heavy (non-hydrogen) atoms. The number of aliphatic hydroxyl groups is 1. The standard InChI is InChI=1S/C22H21N2OS/c1-23-20-10-4-5-11-21(20)26-22(23)12-6-7-17-13-14-24(15-16-25)19-9-3-2-8-18(17)19/h2-14,25H,15-16H2,1H3/q+1. The number of thioether (sulfide) groups is 1. The van der Waals surface area contributed by atoms with Crippen LogP contribution in [0.3, 0.4) is 0 Å². The molecule has 0 spiro atoms. The van der Waals surface area contributed by atoms with E-state index in [4.69, 9.17) is 0 Å². The number of hydrogen-bond donors (Lipinski definition) is 1. The SMILES string of the molecule is CN1/C(=C\C=C\c2cc[n+](CCO)c3ccccc23)Sc2ccccc21. The highest BCUT2D eigenvalue weighted by Gasteiger charge is 2.20. The van der Waals surface area contributed by atoms with Gasteiger partial charge in [0, 0.05) is 24.1 Å². The Kier molecular flexibility index (Phi) is 4.78. The third kappa shape index (κ3) is 3.14. The number of pyridine rings is 1. The van der Waals surface area contributed by atoms with E-state index in [1.54, 1.807) is 11.8 Å². The fraction of sp³-hybridized carbons (Fsp3) is 0.136. The second-order valence-electron chi connectivity index (χ2n) is 6.20. The second-order valence-corrected chi connectivity index (χ2v) is 7.26. The molecule has 0 bridgehead atoms. The Morgan fingerprint density at radius 1 is 1.08 bits per heavy atom. The van der Waals surface area contributed by atoms with Crippen LogP contribution in [0, 0.1) is 0 Å². The number of allylic oxidation sites excluding steroid dienone is 2. The van der Waals surface area contributed by atoms with Gasteiger partial charge in [-0.1, -0.05) is 48.2 Å². The minimum Gasteiger partial charge on any atom is -0.390 e. The van der Waals surface area contributed by atoms with Gasteiger partial charge in [-0.05, 0) is 29.8 Å². The number of aromatic nitrogens is 1. The first-order valence-corrected chi connectivity index (χ1v) is 9.50. The van der Waals surface area contributed by atoms with Crippen LogP contribution < -0.4 is 9.47 Å². The first-order chi connectivity index (χ1) is 12.8. The summed E-state index contributed by atoms with van der Waals surface area (Å²) >= 11 is 1.80. The van der Waals surface area contributed by atoms with Crippen molar-refractivity contribution in [2.24, 2.45) is 0 Å². The molecule has 0 unspecified atom stereocenters. The van der Waals surface area contributed by atoms with Gasteiger partial charge in [0.05, 0.1) is 16.1 Å². The monoisotopic (exact) mass is 361 g/mol. The molecule has 4 rings (SSSR count). The van der Waals surface area contributed by atoms with Crippen molar-refractivity contribution in [3.8, 4) is 0 Å². The molecule has 3 aromatic rings. The van der Waals surface area contributed by atoms with E-state index in [-0.39, 0.29) is 6.61 Å². The van der Waals surface area contributed by atoms with Gasteiger partial charge in [0.2, 0.25) is 5.52 Å². The predicted molar refractivity (Wildman–Crippen MR) is 109 cm³/mol. The molecule has 0 saturated heterocycles. The Labute approximate surface area is 157 Å². The summed E-state index contributed by atoms with van der Waals surface area (Å²) in [5.41, 5.74) is 3.57. The zero-order chi connectivity index (χ0) is 17.9. The van der Waals surface area contributed by atoms with Crippen molar-refractivity contribution >= 4 is 34.4 Å². The Morgan fingerprint density at radius 2 is 1.88 bits per heavy atom. The lowest BCUT2D eigenvalue weighted by atomic mass is 10.1. The van der Waals surface area contributed by atoms with Crippen molar-refractivity contribution in [1.82, 2.24) is 0 Å². The van der Waals surface area contributed by atoms with Gasteiger partial charge < -0.3 is 10.0 Å². The fourth-order valence-corrected chi connectivity index (χ4v) is 4.32. The maximum atomic E-state index is 9.26. The summed E-state index contributed by atoms with van der Waals surface area (Å²) in [7, 11) is 2.11. The molecule has 1 aliphatic heterocycles. The molecule has 1 aromatic heterocycles. The highest BCUT2D eigenvalue weighted by molar-refractivity contribution is 8.03. The van der Waals surface area contributed by atoms with E-state index in [0.29, 0.717) is 6.54 Å². The van der Waals surface area contributed by atoms with Gasteiger partial charge in [0.15, 0.2) is 12.7 Å². The van der Waals surface area contributed by atoms with Crippen LogP contribution >= 0.6 is 11.8 Å². The third-order valence-electron chi connectivity index (χ3n) is 4.59. The van der Waals surface area contributed by atoms with Gasteiger partial charge >= 0.3 is 0 Å². The van der Waals surface area contributed by atoms with Crippen LogP contribution in [0.4, 0.5) is 5.69 Å². The summed E-state index contributed by atoms with van der Waals surface area (Å²) in [5, 5.41) is 11.7. The van der Waals surface area contributed by atoms with Crippen molar-refractivity contribution in [2.75, 3.05) is 18.6 Å². The van der Waals surface area contributed by atoms with Gasteiger partial charge in [0.25, 0.3) is 0 Å². The summed E-state index contributed by atoms with van der Waals surface area (Å²) < 4.78 is 2.09. The molecule has 0 radical (unpaired) electrons. The molecule has 2 heterocycles. The minimum atomic E-state index is 0.139. The third-order valence-corrected chi connectivity index (χ3v) is 5.77. The summed E-state index contributed by atoms with van der Waals surface area (Å²) in [6.45, 7) is 0.744. The minimum absolute atomic E-state index is 0.139. The van der Waals surface area contributed by atoms with E-state index >= 15 is 0 Å². The van der Waals surface area contributed by atoms with E-state index in [1.165, 1.54) is 26.6 Å². The average molecular weight is 361 g/mol. The molecule has 0 aliphatic carbocycles.